The Balaban J connectivity index is 1.62. The fraction of sp³-hybridized carbons (Fsp3) is 0.0417. The number of carbonyl (C=O) groups excluding carboxylic acids is 3. The minimum Gasteiger partial charge on any atom is -0.321 e. The van der Waals surface area contributed by atoms with Crippen LogP contribution in [0.2, 0.25) is 0 Å². The van der Waals surface area contributed by atoms with Crippen molar-refractivity contribution in [1.82, 2.24) is 4.68 Å². The molecular weight excluding hydrogens is 571 g/mol. The maximum atomic E-state index is 13.2. The minimum atomic E-state index is -0.960. The molecule has 0 saturated heterocycles. The molecule has 0 radical (unpaired) electrons. The summed E-state index contributed by atoms with van der Waals surface area (Å²) in [5.41, 5.74) is 4.72. The van der Waals surface area contributed by atoms with Gasteiger partial charge in [-0.1, -0.05) is 31.9 Å². The zero-order valence-electron chi connectivity index (χ0n) is 17.7. The number of halogens is 3. The minimum absolute atomic E-state index is 0.0818. The van der Waals surface area contributed by atoms with Crippen LogP contribution in [0.5, 0.6) is 0 Å². The average Bonchev–Trinajstić information content (AvgIpc) is 3.14. The topological polar surface area (TPSA) is 92.2 Å². The lowest BCUT2D eigenvalue weighted by molar-refractivity contribution is -0.133. The van der Waals surface area contributed by atoms with E-state index in [0.717, 1.165) is 14.5 Å². The number of fused-ring (bicyclic) bond motifs is 1. The molecule has 34 heavy (non-hydrogen) atoms. The number of rotatable bonds is 4. The Hall–Kier alpha value is -3.50. The van der Waals surface area contributed by atoms with Gasteiger partial charge in [-0.2, -0.15) is 0 Å². The van der Waals surface area contributed by atoms with E-state index in [0.29, 0.717) is 22.3 Å². The van der Waals surface area contributed by atoms with E-state index >= 15 is 0 Å². The molecule has 172 valence electrons. The fourth-order valence-electron chi connectivity index (χ4n) is 3.30. The molecule has 0 aliphatic carbocycles. The van der Waals surface area contributed by atoms with E-state index in [4.69, 9.17) is 0 Å². The molecule has 4 aromatic rings. The molecule has 0 spiro atoms. The number of anilines is 2. The Kier molecular flexibility index (Phi) is 6.80. The monoisotopic (exact) mass is 586 g/mol. The van der Waals surface area contributed by atoms with Gasteiger partial charge in [0.15, 0.2) is 0 Å². The Labute approximate surface area is 210 Å². The number of benzene rings is 3. The first kappa shape index (κ1) is 23.7. The third-order valence-corrected chi connectivity index (χ3v) is 5.94. The van der Waals surface area contributed by atoms with Crippen molar-refractivity contribution in [2.24, 2.45) is 0 Å². The molecule has 3 amide bonds. The molecule has 7 nitrogen and oxygen atoms in total. The van der Waals surface area contributed by atoms with Gasteiger partial charge >= 0.3 is 11.8 Å². The van der Waals surface area contributed by atoms with Crippen molar-refractivity contribution < 1.29 is 18.8 Å². The summed E-state index contributed by atoms with van der Waals surface area (Å²) in [5.74, 6) is -2.84. The van der Waals surface area contributed by atoms with E-state index in [1.165, 1.54) is 28.9 Å². The maximum absolute atomic E-state index is 13.2. The SMILES string of the molecule is Cc1cc(Br)ccc1NC(=O)C(=O)Nn1c(C(=O)Nc2ccc(F)cc2)cc2cc(Br)ccc21. The molecule has 0 aliphatic heterocycles. The number of aryl methyl sites for hydroxylation is 1. The highest BCUT2D eigenvalue weighted by Crippen LogP contribution is 2.24. The van der Waals surface area contributed by atoms with Crippen LogP contribution in [-0.2, 0) is 9.59 Å². The van der Waals surface area contributed by atoms with Crippen LogP contribution in [0.15, 0.2) is 75.7 Å². The predicted molar refractivity (Wildman–Crippen MR) is 136 cm³/mol. The zero-order chi connectivity index (χ0) is 24.4. The molecule has 1 aromatic heterocycles. The lowest BCUT2D eigenvalue weighted by Gasteiger charge is -2.13. The van der Waals surface area contributed by atoms with Gasteiger partial charge in [0.2, 0.25) is 0 Å². The number of nitrogens with one attached hydrogen (secondary N) is 3. The van der Waals surface area contributed by atoms with Gasteiger partial charge in [0, 0.05) is 25.7 Å². The number of nitrogens with zero attached hydrogens (tertiary/aromatic N) is 1. The molecule has 0 saturated carbocycles. The third-order valence-electron chi connectivity index (χ3n) is 4.95. The first-order valence-corrected chi connectivity index (χ1v) is 11.6. The van der Waals surface area contributed by atoms with Crippen molar-refractivity contribution >= 4 is 71.9 Å². The molecule has 0 aliphatic rings. The Bertz CT molecular complexity index is 1430. The second-order valence-corrected chi connectivity index (χ2v) is 9.21. The first-order chi connectivity index (χ1) is 16.2. The largest absolute Gasteiger partial charge is 0.328 e. The molecule has 0 bridgehead atoms. The van der Waals surface area contributed by atoms with E-state index in [2.05, 4.69) is 47.9 Å². The van der Waals surface area contributed by atoms with Gasteiger partial charge in [-0.3, -0.25) is 19.8 Å². The highest BCUT2D eigenvalue weighted by molar-refractivity contribution is 9.10. The summed E-state index contributed by atoms with van der Waals surface area (Å²) in [6.45, 7) is 1.80. The number of hydrogen-bond donors (Lipinski definition) is 3. The number of carbonyl (C=O) groups is 3. The van der Waals surface area contributed by atoms with E-state index in [1.807, 2.05) is 6.07 Å². The lowest BCUT2D eigenvalue weighted by Crippen LogP contribution is -2.36. The van der Waals surface area contributed by atoms with Crippen LogP contribution in [0.4, 0.5) is 15.8 Å². The summed E-state index contributed by atoms with van der Waals surface area (Å²) in [5, 5.41) is 5.89. The molecule has 10 heteroatoms. The van der Waals surface area contributed by atoms with Crippen LogP contribution in [0, 0.1) is 12.7 Å². The van der Waals surface area contributed by atoms with Crippen LogP contribution in [-0.4, -0.2) is 22.4 Å². The summed E-state index contributed by atoms with van der Waals surface area (Å²) >= 11 is 6.74. The van der Waals surface area contributed by atoms with Gasteiger partial charge in [0.05, 0.1) is 5.52 Å². The summed E-state index contributed by atoms with van der Waals surface area (Å²) < 4.78 is 16.1. The quantitative estimate of drug-likeness (QED) is 0.272. The van der Waals surface area contributed by atoms with Crippen molar-refractivity contribution in [3.05, 3.63) is 92.8 Å². The van der Waals surface area contributed by atoms with Crippen LogP contribution in [0.25, 0.3) is 10.9 Å². The Morgan fingerprint density at radius 2 is 1.50 bits per heavy atom. The number of aromatic nitrogens is 1. The van der Waals surface area contributed by atoms with Gasteiger partial charge < -0.3 is 10.6 Å². The second-order valence-electron chi connectivity index (χ2n) is 7.38. The zero-order valence-corrected chi connectivity index (χ0v) is 20.8. The molecule has 0 fully saturated rings. The molecule has 4 rings (SSSR count). The molecule has 3 aromatic carbocycles. The van der Waals surface area contributed by atoms with E-state index in [1.54, 1.807) is 43.3 Å². The van der Waals surface area contributed by atoms with Gasteiger partial charge in [-0.25, -0.2) is 9.07 Å². The smallest absolute Gasteiger partial charge is 0.321 e. The Morgan fingerprint density at radius 3 is 2.21 bits per heavy atom. The van der Waals surface area contributed by atoms with Crippen LogP contribution in [0.1, 0.15) is 16.1 Å². The summed E-state index contributed by atoms with van der Waals surface area (Å²) in [7, 11) is 0. The molecule has 1 heterocycles. The van der Waals surface area contributed by atoms with Crippen molar-refractivity contribution in [3.63, 3.8) is 0 Å². The average molecular weight is 588 g/mol. The normalized spacial score (nSPS) is 10.7. The van der Waals surface area contributed by atoms with Crippen molar-refractivity contribution in [1.29, 1.82) is 0 Å². The standard InChI is InChI=1S/C24H17Br2FN4O3/c1-13-10-15(25)2-8-19(13)29-23(33)24(34)30-31-20-9-3-16(26)11-14(20)12-21(31)22(32)28-18-6-4-17(27)5-7-18/h2-12H,1H3,(H,28,32)(H,29,33)(H,30,34). The van der Waals surface area contributed by atoms with Gasteiger partial charge in [-0.15, -0.1) is 0 Å². The van der Waals surface area contributed by atoms with E-state index < -0.39 is 23.5 Å². The van der Waals surface area contributed by atoms with Crippen molar-refractivity contribution in [2.75, 3.05) is 16.1 Å². The highest BCUT2D eigenvalue weighted by atomic mass is 79.9. The fourth-order valence-corrected chi connectivity index (χ4v) is 4.16. The van der Waals surface area contributed by atoms with Crippen LogP contribution >= 0.6 is 31.9 Å². The third kappa shape index (κ3) is 5.18. The summed E-state index contributed by atoms with van der Waals surface area (Å²) in [4.78, 5) is 38.3. The summed E-state index contributed by atoms with van der Waals surface area (Å²) in [6.07, 6.45) is 0. The lowest BCUT2D eigenvalue weighted by atomic mass is 10.2. The number of amides is 3. The summed E-state index contributed by atoms with van der Waals surface area (Å²) in [6, 6.07) is 17.3. The maximum Gasteiger partial charge on any atom is 0.328 e. The van der Waals surface area contributed by atoms with Crippen molar-refractivity contribution in [3.8, 4) is 0 Å². The molecule has 0 unspecified atom stereocenters. The first-order valence-electron chi connectivity index (χ1n) is 9.97. The van der Waals surface area contributed by atoms with Gasteiger partial charge in [0.25, 0.3) is 5.91 Å². The molecule has 3 N–H and O–H groups in total. The Morgan fingerprint density at radius 1 is 0.824 bits per heavy atom. The van der Waals surface area contributed by atoms with E-state index in [-0.39, 0.29) is 5.69 Å². The van der Waals surface area contributed by atoms with Crippen LogP contribution in [0.3, 0.4) is 0 Å². The van der Waals surface area contributed by atoms with Gasteiger partial charge in [0.1, 0.15) is 11.5 Å². The molecular formula is C24H17Br2FN4O3. The highest BCUT2D eigenvalue weighted by Gasteiger charge is 2.21. The predicted octanol–water partition coefficient (Wildman–Crippen LogP) is 5.57. The molecule has 0 atom stereocenters. The second kappa shape index (κ2) is 9.78. The number of hydrogen-bond acceptors (Lipinski definition) is 3. The van der Waals surface area contributed by atoms with E-state index in [9.17, 15) is 18.8 Å². The van der Waals surface area contributed by atoms with Gasteiger partial charge in [-0.05, 0) is 79.2 Å². The van der Waals surface area contributed by atoms with Crippen molar-refractivity contribution in [2.45, 2.75) is 6.92 Å². The van der Waals surface area contributed by atoms with Crippen LogP contribution < -0.4 is 16.1 Å².